The predicted molar refractivity (Wildman–Crippen MR) is 92.2 cm³/mol. The topological polar surface area (TPSA) is 61.4 Å². The predicted octanol–water partition coefficient (Wildman–Crippen LogP) is 3.05. The van der Waals surface area contributed by atoms with Gasteiger partial charge in [0.25, 0.3) is 0 Å². The maximum absolute atomic E-state index is 12.2. The highest BCUT2D eigenvalue weighted by Gasteiger charge is 2.27. The fraction of sp³-hybridized carbons (Fsp3) is 0.889. The van der Waals surface area contributed by atoms with Crippen molar-refractivity contribution in [1.82, 2.24) is 15.5 Å². The molecule has 0 aromatic carbocycles. The Bertz CT molecular complexity index is 403. The Labute approximate surface area is 140 Å². The van der Waals surface area contributed by atoms with Crippen molar-refractivity contribution in [2.75, 3.05) is 13.1 Å². The maximum atomic E-state index is 12.2. The van der Waals surface area contributed by atoms with Crippen molar-refractivity contribution in [2.24, 2.45) is 5.41 Å². The van der Waals surface area contributed by atoms with E-state index < -0.39 is 0 Å². The molecule has 1 aliphatic carbocycles. The number of amides is 3. The Morgan fingerprint density at radius 2 is 1.43 bits per heavy atom. The molecule has 0 bridgehead atoms. The number of urea groups is 1. The zero-order valence-corrected chi connectivity index (χ0v) is 15.0. The summed E-state index contributed by atoms with van der Waals surface area (Å²) in [5.74, 6) is 0.239. The molecular weight excluding hydrogens is 290 g/mol. The third-order valence-corrected chi connectivity index (χ3v) is 4.80. The summed E-state index contributed by atoms with van der Waals surface area (Å²) in [7, 11) is 0. The van der Waals surface area contributed by atoms with Crippen LogP contribution in [0.5, 0.6) is 0 Å². The van der Waals surface area contributed by atoms with Crippen molar-refractivity contribution in [3.63, 3.8) is 0 Å². The van der Waals surface area contributed by atoms with Gasteiger partial charge in [-0.15, -0.1) is 0 Å². The second kappa shape index (κ2) is 8.02. The van der Waals surface area contributed by atoms with Crippen LogP contribution in [0.25, 0.3) is 0 Å². The van der Waals surface area contributed by atoms with Crippen LogP contribution in [-0.2, 0) is 4.79 Å². The summed E-state index contributed by atoms with van der Waals surface area (Å²) in [5.41, 5.74) is 0.0338. The smallest absolute Gasteiger partial charge is 0.315 e. The monoisotopic (exact) mass is 323 g/mol. The number of hydrogen-bond acceptors (Lipinski definition) is 2. The van der Waals surface area contributed by atoms with Crippen LogP contribution in [0.1, 0.15) is 72.1 Å². The van der Waals surface area contributed by atoms with Crippen LogP contribution in [-0.4, -0.2) is 42.0 Å². The Balaban J connectivity index is 1.67. The molecule has 0 aromatic heterocycles. The van der Waals surface area contributed by atoms with Gasteiger partial charge < -0.3 is 15.5 Å². The molecule has 132 valence electrons. The molecule has 1 heterocycles. The second-order valence-corrected chi connectivity index (χ2v) is 8.35. The van der Waals surface area contributed by atoms with E-state index >= 15 is 0 Å². The molecule has 2 fully saturated rings. The molecule has 2 aliphatic rings. The van der Waals surface area contributed by atoms with Gasteiger partial charge in [0.05, 0.1) is 0 Å². The highest BCUT2D eigenvalue weighted by atomic mass is 16.2. The van der Waals surface area contributed by atoms with E-state index in [0.717, 1.165) is 38.8 Å². The minimum atomic E-state index is -0.0311. The summed E-state index contributed by atoms with van der Waals surface area (Å²) in [6.45, 7) is 7.78. The van der Waals surface area contributed by atoms with Gasteiger partial charge in [0.2, 0.25) is 5.91 Å². The van der Waals surface area contributed by atoms with Gasteiger partial charge in [0, 0.05) is 31.6 Å². The van der Waals surface area contributed by atoms with E-state index in [1.165, 1.54) is 19.3 Å². The fourth-order valence-corrected chi connectivity index (χ4v) is 3.50. The van der Waals surface area contributed by atoms with E-state index in [-0.39, 0.29) is 23.4 Å². The van der Waals surface area contributed by atoms with Crippen LogP contribution in [0.3, 0.4) is 0 Å². The third kappa shape index (κ3) is 6.40. The average molecular weight is 323 g/mol. The van der Waals surface area contributed by atoms with Gasteiger partial charge in [-0.1, -0.05) is 40.0 Å². The summed E-state index contributed by atoms with van der Waals surface area (Å²) in [4.78, 5) is 26.3. The van der Waals surface area contributed by atoms with Gasteiger partial charge in [0.1, 0.15) is 0 Å². The van der Waals surface area contributed by atoms with Crippen LogP contribution in [0.15, 0.2) is 0 Å². The quantitative estimate of drug-likeness (QED) is 0.838. The molecule has 2 N–H and O–H groups in total. The molecule has 0 aromatic rings. The molecule has 3 amide bonds. The minimum Gasteiger partial charge on any atom is -0.343 e. The van der Waals surface area contributed by atoms with Crippen molar-refractivity contribution in [2.45, 2.75) is 84.2 Å². The summed E-state index contributed by atoms with van der Waals surface area (Å²) in [6, 6.07) is 0.505. The number of rotatable bonds is 3. The Morgan fingerprint density at radius 3 is 1.96 bits per heavy atom. The molecule has 5 nitrogen and oxygen atoms in total. The lowest BCUT2D eigenvalue weighted by atomic mass is 9.91. The van der Waals surface area contributed by atoms with Crippen LogP contribution in [0, 0.1) is 5.41 Å². The first-order chi connectivity index (χ1) is 10.8. The van der Waals surface area contributed by atoms with Crippen LogP contribution in [0.4, 0.5) is 4.79 Å². The lowest BCUT2D eigenvalue weighted by Gasteiger charge is -2.34. The lowest BCUT2D eigenvalue weighted by Crippen LogP contribution is -2.51. The first kappa shape index (κ1) is 18.1. The third-order valence-electron chi connectivity index (χ3n) is 4.80. The van der Waals surface area contributed by atoms with E-state index in [2.05, 4.69) is 31.4 Å². The number of hydrogen-bond donors (Lipinski definition) is 2. The van der Waals surface area contributed by atoms with Gasteiger partial charge >= 0.3 is 6.03 Å². The molecule has 1 aliphatic heterocycles. The highest BCUT2D eigenvalue weighted by Crippen LogP contribution is 2.22. The average Bonchev–Trinajstić information content (AvgIpc) is 2.47. The van der Waals surface area contributed by atoms with E-state index in [9.17, 15) is 9.59 Å². The van der Waals surface area contributed by atoms with E-state index in [0.29, 0.717) is 12.5 Å². The molecule has 0 atom stereocenters. The Kier molecular flexibility index (Phi) is 6.31. The normalized spacial score (nSPS) is 21.1. The number of likely N-dealkylation sites (tertiary alicyclic amines) is 1. The number of carbonyl (C=O) groups is 2. The van der Waals surface area contributed by atoms with Gasteiger partial charge in [0.15, 0.2) is 0 Å². The summed E-state index contributed by atoms with van der Waals surface area (Å²) in [5, 5.41) is 6.19. The van der Waals surface area contributed by atoms with E-state index in [1.54, 1.807) is 0 Å². The zero-order valence-electron chi connectivity index (χ0n) is 15.0. The van der Waals surface area contributed by atoms with Crippen molar-refractivity contribution >= 4 is 11.9 Å². The van der Waals surface area contributed by atoms with Gasteiger partial charge in [-0.3, -0.25) is 4.79 Å². The van der Waals surface area contributed by atoms with Crippen molar-refractivity contribution in [3.05, 3.63) is 0 Å². The van der Waals surface area contributed by atoms with Crippen LogP contribution in [0.2, 0.25) is 0 Å². The highest BCUT2D eigenvalue weighted by molar-refractivity contribution is 5.77. The maximum Gasteiger partial charge on any atom is 0.315 e. The first-order valence-electron chi connectivity index (χ1n) is 9.18. The number of nitrogens with zero attached hydrogens (tertiary/aromatic N) is 1. The van der Waals surface area contributed by atoms with Crippen molar-refractivity contribution in [1.29, 1.82) is 0 Å². The van der Waals surface area contributed by atoms with Crippen molar-refractivity contribution in [3.8, 4) is 0 Å². The zero-order chi connectivity index (χ0) is 16.9. The molecule has 23 heavy (non-hydrogen) atoms. The SMILES string of the molecule is CC(C)(C)CC(=O)N1CCC(NC(=O)NC2CCCCC2)CC1. The second-order valence-electron chi connectivity index (χ2n) is 8.35. The van der Waals surface area contributed by atoms with Gasteiger partial charge in [-0.25, -0.2) is 4.79 Å². The van der Waals surface area contributed by atoms with Crippen LogP contribution >= 0.6 is 0 Å². The molecular formula is C18H33N3O2. The largest absolute Gasteiger partial charge is 0.343 e. The molecule has 0 radical (unpaired) electrons. The number of piperidine rings is 1. The van der Waals surface area contributed by atoms with E-state index in [4.69, 9.17) is 0 Å². The summed E-state index contributed by atoms with van der Waals surface area (Å²) in [6.07, 6.45) is 8.24. The summed E-state index contributed by atoms with van der Waals surface area (Å²) >= 11 is 0. The van der Waals surface area contributed by atoms with Gasteiger partial charge in [-0.05, 0) is 31.1 Å². The minimum absolute atomic E-state index is 0.0311. The first-order valence-corrected chi connectivity index (χ1v) is 9.18. The van der Waals surface area contributed by atoms with Crippen LogP contribution < -0.4 is 10.6 Å². The van der Waals surface area contributed by atoms with E-state index in [1.807, 2.05) is 4.90 Å². The molecule has 5 heteroatoms. The number of nitrogens with one attached hydrogen (secondary N) is 2. The number of carbonyl (C=O) groups excluding carboxylic acids is 2. The fourth-order valence-electron chi connectivity index (χ4n) is 3.50. The molecule has 0 spiro atoms. The standard InChI is InChI=1S/C18H33N3O2/c1-18(2,3)13-16(22)21-11-9-15(10-12-21)20-17(23)19-14-7-5-4-6-8-14/h14-15H,4-13H2,1-3H3,(H2,19,20,23). The van der Waals surface area contributed by atoms with Crippen molar-refractivity contribution < 1.29 is 9.59 Å². The Hall–Kier alpha value is -1.26. The lowest BCUT2D eigenvalue weighted by molar-refractivity contribution is -0.134. The Morgan fingerprint density at radius 1 is 0.913 bits per heavy atom. The summed E-state index contributed by atoms with van der Waals surface area (Å²) < 4.78 is 0. The molecule has 1 saturated heterocycles. The molecule has 0 unspecified atom stereocenters. The molecule has 2 rings (SSSR count). The molecule has 1 saturated carbocycles. The van der Waals surface area contributed by atoms with Gasteiger partial charge in [-0.2, -0.15) is 0 Å².